The highest BCUT2D eigenvalue weighted by Gasteiger charge is 2.32. The van der Waals surface area contributed by atoms with Crippen molar-refractivity contribution < 1.29 is 17.9 Å². The molecule has 0 aromatic heterocycles. The molecule has 1 fully saturated rings. The molecular formula is C19H20Cl2N2O4S. The second-order valence-electron chi connectivity index (χ2n) is 6.72. The van der Waals surface area contributed by atoms with Crippen LogP contribution in [0.25, 0.3) is 0 Å². The largest absolute Gasteiger partial charge is 0.373 e. The molecule has 150 valence electrons. The number of nitrogens with one attached hydrogen (secondary N) is 1. The number of nitrogens with zero attached hydrogens (tertiary/aromatic N) is 1. The van der Waals surface area contributed by atoms with E-state index in [9.17, 15) is 13.2 Å². The molecule has 0 bridgehead atoms. The fourth-order valence-electron chi connectivity index (χ4n) is 3.07. The summed E-state index contributed by atoms with van der Waals surface area (Å²) in [7, 11) is -3.63. The summed E-state index contributed by atoms with van der Waals surface area (Å²) >= 11 is 11.8. The molecular weight excluding hydrogens is 423 g/mol. The topological polar surface area (TPSA) is 75.7 Å². The van der Waals surface area contributed by atoms with Gasteiger partial charge in [-0.05, 0) is 56.3 Å². The van der Waals surface area contributed by atoms with Crippen molar-refractivity contribution in [3.05, 3.63) is 58.1 Å². The van der Waals surface area contributed by atoms with Crippen molar-refractivity contribution in [1.29, 1.82) is 0 Å². The lowest BCUT2D eigenvalue weighted by Crippen LogP contribution is -2.48. The minimum Gasteiger partial charge on any atom is -0.373 e. The Balaban J connectivity index is 1.75. The van der Waals surface area contributed by atoms with Gasteiger partial charge in [-0.15, -0.1) is 0 Å². The first-order valence-electron chi connectivity index (χ1n) is 8.68. The number of hydrogen-bond donors (Lipinski definition) is 1. The predicted molar refractivity (Wildman–Crippen MR) is 110 cm³/mol. The monoisotopic (exact) mass is 442 g/mol. The number of benzene rings is 2. The Kier molecular flexibility index (Phi) is 6.31. The summed E-state index contributed by atoms with van der Waals surface area (Å²) in [6.45, 7) is 4.30. The van der Waals surface area contributed by atoms with Gasteiger partial charge in [-0.25, -0.2) is 8.42 Å². The van der Waals surface area contributed by atoms with Crippen molar-refractivity contribution in [3.8, 4) is 0 Å². The Bertz CT molecular complexity index is 950. The highest BCUT2D eigenvalue weighted by molar-refractivity contribution is 7.89. The average Bonchev–Trinajstić information content (AvgIpc) is 2.60. The first kappa shape index (κ1) is 21.1. The van der Waals surface area contributed by atoms with Gasteiger partial charge in [0.15, 0.2) is 0 Å². The molecule has 6 nitrogen and oxygen atoms in total. The van der Waals surface area contributed by atoms with Crippen LogP contribution in [0.2, 0.25) is 10.0 Å². The predicted octanol–water partition coefficient (Wildman–Crippen LogP) is 4.04. The Morgan fingerprint density at radius 1 is 1.04 bits per heavy atom. The smallest absolute Gasteiger partial charge is 0.255 e. The van der Waals surface area contributed by atoms with Crippen LogP contribution in [0.4, 0.5) is 5.69 Å². The molecule has 1 saturated heterocycles. The van der Waals surface area contributed by atoms with E-state index in [0.717, 1.165) is 0 Å². The van der Waals surface area contributed by atoms with E-state index in [1.165, 1.54) is 34.6 Å². The van der Waals surface area contributed by atoms with Crippen molar-refractivity contribution in [1.82, 2.24) is 4.31 Å². The maximum atomic E-state index is 12.9. The van der Waals surface area contributed by atoms with Crippen molar-refractivity contribution in [3.63, 3.8) is 0 Å². The minimum absolute atomic E-state index is 0.164. The second kappa shape index (κ2) is 8.39. The SMILES string of the molecule is CC1CN(S(=O)(=O)c2ccc(NC(=O)c3cc(Cl)cc(Cl)c3)cc2)CC(C)O1. The summed E-state index contributed by atoms with van der Waals surface area (Å²) in [5.74, 6) is -0.393. The number of halogens is 2. The number of amides is 1. The molecule has 2 unspecified atom stereocenters. The van der Waals surface area contributed by atoms with Crippen LogP contribution in [0, 0.1) is 0 Å². The summed E-state index contributed by atoms with van der Waals surface area (Å²) in [5.41, 5.74) is 0.772. The van der Waals surface area contributed by atoms with Crippen LogP contribution < -0.4 is 5.32 Å². The van der Waals surface area contributed by atoms with Crippen molar-refractivity contribution in [2.24, 2.45) is 0 Å². The van der Waals surface area contributed by atoms with Gasteiger partial charge in [-0.1, -0.05) is 23.2 Å². The molecule has 2 aromatic carbocycles. The Morgan fingerprint density at radius 3 is 2.11 bits per heavy atom. The maximum absolute atomic E-state index is 12.9. The second-order valence-corrected chi connectivity index (χ2v) is 9.53. The van der Waals surface area contributed by atoms with Crippen LogP contribution in [-0.2, 0) is 14.8 Å². The van der Waals surface area contributed by atoms with Gasteiger partial charge in [0.2, 0.25) is 10.0 Å². The van der Waals surface area contributed by atoms with E-state index in [1.54, 1.807) is 12.1 Å². The lowest BCUT2D eigenvalue weighted by Gasteiger charge is -2.34. The Hall–Kier alpha value is -1.64. The lowest BCUT2D eigenvalue weighted by molar-refractivity contribution is -0.0440. The van der Waals surface area contributed by atoms with E-state index in [0.29, 0.717) is 34.4 Å². The van der Waals surface area contributed by atoms with Gasteiger partial charge < -0.3 is 10.1 Å². The third-order valence-electron chi connectivity index (χ3n) is 4.26. The van der Waals surface area contributed by atoms with Gasteiger partial charge in [0.05, 0.1) is 17.1 Å². The molecule has 0 radical (unpaired) electrons. The normalized spacial score (nSPS) is 20.7. The van der Waals surface area contributed by atoms with Crippen LogP contribution in [0.3, 0.4) is 0 Å². The van der Waals surface area contributed by atoms with E-state index in [2.05, 4.69) is 5.32 Å². The van der Waals surface area contributed by atoms with Gasteiger partial charge >= 0.3 is 0 Å². The number of carbonyl (C=O) groups excluding carboxylic acids is 1. The highest BCUT2D eigenvalue weighted by Crippen LogP contribution is 2.23. The zero-order valence-corrected chi connectivity index (χ0v) is 17.7. The number of ether oxygens (including phenoxy) is 1. The number of anilines is 1. The zero-order chi connectivity index (χ0) is 20.5. The summed E-state index contributed by atoms with van der Waals surface area (Å²) < 4.78 is 32.7. The fourth-order valence-corrected chi connectivity index (χ4v) is 5.19. The number of carbonyl (C=O) groups is 1. The average molecular weight is 443 g/mol. The van der Waals surface area contributed by atoms with E-state index in [-0.39, 0.29) is 17.1 Å². The Morgan fingerprint density at radius 2 is 1.57 bits per heavy atom. The molecule has 28 heavy (non-hydrogen) atoms. The fraction of sp³-hybridized carbons (Fsp3) is 0.316. The quantitative estimate of drug-likeness (QED) is 0.774. The summed E-state index contributed by atoms with van der Waals surface area (Å²) in [6.07, 6.45) is -0.330. The molecule has 1 N–H and O–H groups in total. The van der Waals surface area contributed by atoms with E-state index < -0.39 is 15.9 Å². The van der Waals surface area contributed by atoms with Gasteiger partial charge in [-0.3, -0.25) is 4.79 Å². The molecule has 3 rings (SSSR count). The molecule has 1 heterocycles. The number of sulfonamides is 1. The van der Waals surface area contributed by atoms with E-state index in [1.807, 2.05) is 13.8 Å². The molecule has 0 spiro atoms. The van der Waals surface area contributed by atoms with Gasteiger partial charge in [-0.2, -0.15) is 4.31 Å². The van der Waals surface area contributed by atoms with Crippen molar-refractivity contribution in [2.75, 3.05) is 18.4 Å². The van der Waals surface area contributed by atoms with Crippen LogP contribution in [0.5, 0.6) is 0 Å². The van der Waals surface area contributed by atoms with Crippen LogP contribution in [0.15, 0.2) is 47.4 Å². The van der Waals surface area contributed by atoms with Crippen LogP contribution >= 0.6 is 23.2 Å². The standard InChI is InChI=1S/C19H20Cl2N2O4S/c1-12-10-23(11-13(2)27-12)28(25,26)18-5-3-17(4-6-18)22-19(24)14-7-15(20)9-16(21)8-14/h3-9,12-13H,10-11H2,1-2H3,(H,22,24). The third kappa shape index (κ3) is 4.85. The summed E-state index contributed by atoms with van der Waals surface area (Å²) in [4.78, 5) is 12.5. The molecule has 1 amide bonds. The van der Waals surface area contributed by atoms with Crippen molar-refractivity contribution >= 4 is 44.8 Å². The highest BCUT2D eigenvalue weighted by atomic mass is 35.5. The molecule has 1 aliphatic heterocycles. The number of hydrogen-bond acceptors (Lipinski definition) is 4. The van der Waals surface area contributed by atoms with Gasteiger partial charge in [0.1, 0.15) is 0 Å². The molecule has 0 aliphatic carbocycles. The Labute approximate surface area is 174 Å². The van der Waals surface area contributed by atoms with Gasteiger partial charge in [0, 0.05) is 34.4 Å². The number of rotatable bonds is 4. The van der Waals surface area contributed by atoms with Crippen LogP contribution in [-0.4, -0.2) is 43.9 Å². The minimum atomic E-state index is -3.63. The molecule has 9 heteroatoms. The summed E-state index contributed by atoms with van der Waals surface area (Å²) in [6, 6.07) is 10.6. The molecule has 2 atom stereocenters. The van der Waals surface area contributed by atoms with Crippen LogP contribution in [0.1, 0.15) is 24.2 Å². The zero-order valence-electron chi connectivity index (χ0n) is 15.4. The molecule has 2 aromatic rings. The third-order valence-corrected chi connectivity index (χ3v) is 6.54. The first-order chi connectivity index (χ1) is 13.1. The molecule has 1 aliphatic rings. The maximum Gasteiger partial charge on any atom is 0.255 e. The number of morpholine rings is 1. The lowest BCUT2D eigenvalue weighted by atomic mass is 10.2. The van der Waals surface area contributed by atoms with E-state index >= 15 is 0 Å². The molecule has 0 saturated carbocycles. The first-order valence-corrected chi connectivity index (χ1v) is 10.9. The van der Waals surface area contributed by atoms with E-state index in [4.69, 9.17) is 27.9 Å². The van der Waals surface area contributed by atoms with Crippen molar-refractivity contribution in [2.45, 2.75) is 31.0 Å². The summed E-state index contributed by atoms with van der Waals surface area (Å²) in [5, 5.41) is 3.41. The van der Waals surface area contributed by atoms with Gasteiger partial charge in [0.25, 0.3) is 5.91 Å².